The molecule has 1 aliphatic rings. The minimum absolute atomic E-state index is 0.0687. The number of halogens is 4. The molecule has 0 aromatic heterocycles. The molecule has 148 valence electrons. The van der Waals surface area contributed by atoms with Gasteiger partial charge >= 0.3 is 6.18 Å². The molecule has 1 N–H and O–H groups in total. The lowest BCUT2D eigenvalue weighted by molar-refractivity contribution is -0.143. The highest BCUT2D eigenvalue weighted by atomic mass is 35.5. The Balaban J connectivity index is 1.68. The maximum atomic E-state index is 12.4. The van der Waals surface area contributed by atoms with Gasteiger partial charge in [0.15, 0.2) is 6.61 Å². The first kappa shape index (κ1) is 21.1. The van der Waals surface area contributed by atoms with Crippen molar-refractivity contribution in [1.29, 1.82) is 0 Å². The topological polar surface area (TPSA) is 58.6 Å². The number of carbonyl (C=O) groups excluding carboxylic acids is 2. The summed E-state index contributed by atoms with van der Waals surface area (Å²) in [5, 5.41) is 3.10. The van der Waals surface area contributed by atoms with Crippen LogP contribution in [0, 0.1) is 5.92 Å². The fourth-order valence-electron chi connectivity index (χ4n) is 2.78. The second-order valence-electron chi connectivity index (χ2n) is 6.37. The summed E-state index contributed by atoms with van der Waals surface area (Å²) >= 11 is 5.75. The predicted octanol–water partition coefficient (Wildman–Crippen LogP) is 3.54. The number of hydrogen-bond acceptors (Lipinski definition) is 3. The average molecular weight is 405 g/mol. The van der Waals surface area contributed by atoms with Crippen molar-refractivity contribution in [3.63, 3.8) is 0 Å². The van der Waals surface area contributed by atoms with Gasteiger partial charge in [-0.15, -0.1) is 0 Å². The Labute approximate surface area is 160 Å². The molecular weight excluding hydrogens is 385 g/mol. The lowest BCUT2D eigenvalue weighted by Gasteiger charge is -2.18. The summed E-state index contributed by atoms with van der Waals surface area (Å²) in [5.41, 5.74) is 0.367. The van der Waals surface area contributed by atoms with E-state index in [2.05, 4.69) is 11.9 Å². The Morgan fingerprint density at radius 2 is 2.00 bits per heavy atom. The lowest BCUT2D eigenvalue weighted by Crippen LogP contribution is -2.31. The van der Waals surface area contributed by atoms with Crippen LogP contribution in [0.15, 0.2) is 36.5 Å². The Morgan fingerprint density at radius 1 is 1.33 bits per heavy atom. The summed E-state index contributed by atoms with van der Waals surface area (Å²) in [4.78, 5) is 25.0. The molecule has 0 unspecified atom stereocenters. The van der Waals surface area contributed by atoms with Gasteiger partial charge < -0.3 is 15.0 Å². The number of rotatable bonds is 8. The third kappa shape index (κ3) is 7.50. The van der Waals surface area contributed by atoms with Gasteiger partial charge in [-0.05, 0) is 30.2 Å². The number of likely N-dealkylation sites (tertiary alicyclic amines) is 1. The van der Waals surface area contributed by atoms with Crippen LogP contribution < -0.4 is 10.1 Å². The zero-order chi connectivity index (χ0) is 20.0. The van der Waals surface area contributed by atoms with Gasteiger partial charge in [0, 0.05) is 43.1 Å². The standard InChI is InChI=1S/C18H20ClF3N2O3/c1-12(23-16(25)11-27-15-4-2-14(19)3-5-15)6-7-24-10-13(8-17(24)26)9-18(20,21)22/h2-5,13H,1,6-11H2,(H,23,25)/t13-/m1/s1. The summed E-state index contributed by atoms with van der Waals surface area (Å²) < 4.78 is 42.6. The van der Waals surface area contributed by atoms with Crippen molar-refractivity contribution in [3.8, 4) is 5.75 Å². The summed E-state index contributed by atoms with van der Waals surface area (Å²) in [5.74, 6) is -0.959. The number of amides is 2. The summed E-state index contributed by atoms with van der Waals surface area (Å²) in [6, 6.07) is 6.52. The molecule has 0 radical (unpaired) electrons. The number of benzene rings is 1. The van der Waals surface area contributed by atoms with Crippen LogP contribution in [0.4, 0.5) is 13.2 Å². The van der Waals surface area contributed by atoms with Crippen LogP contribution in [-0.2, 0) is 9.59 Å². The van der Waals surface area contributed by atoms with E-state index >= 15 is 0 Å². The number of nitrogens with one attached hydrogen (secondary N) is 1. The van der Waals surface area contributed by atoms with Crippen molar-refractivity contribution in [3.05, 3.63) is 41.6 Å². The van der Waals surface area contributed by atoms with Gasteiger partial charge in [-0.2, -0.15) is 13.2 Å². The average Bonchev–Trinajstić information content (AvgIpc) is 2.90. The molecule has 5 nitrogen and oxygen atoms in total. The first-order chi connectivity index (χ1) is 12.6. The second kappa shape index (κ2) is 9.12. The van der Waals surface area contributed by atoms with Gasteiger partial charge in [0.25, 0.3) is 5.91 Å². The van der Waals surface area contributed by atoms with E-state index in [1.54, 1.807) is 24.3 Å². The molecular formula is C18H20ClF3N2O3. The maximum Gasteiger partial charge on any atom is 0.389 e. The molecule has 0 spiro atoms. The van der Waals surface area contributed by atoms with Crippen LogP contribution in [0.25, 0.3) is 0 Å². The van der Waals surface area contributed by atoms with Crippen molar-refractivity contribution >= 4 is 23.4 Å². The molecule has 0 saturated carbocycles. The van der Waals surface area contributed by atoms with Crippen molar-refractivity contribution in [2.45, 2.75) is 25.4 Å². The van der Waals surface area contributed by atoms with E-state index < -0.39 is 24.4 Å². The van der Waals surface area contributed by atoms with E-state index in [-0.39, 0.29) is 38.4 Å². The predicted molar refractivity (Wildman–Crippen MR) is 94.2 cm³/mol. The first-order valence-electron chi connectivity index (χ1n) is 8.33. The summed E-state index contributed by atoms with van der Waals surface area (Å²) in [7, 11) is 0. The Hall–Kier alpha value is -2.22. The maximum absolute atomic E-state index is 12.4. The number of carbonyl (C=O) groups is 2. The van der Waals surface area contributed by atoms with Gasteiger partial charge in [0.1, 0.15) is 5.75 Å². The molecule has 2 amide bonds. The van der Waals surface area contributed by atoms with E-state index in [0.29, 0.717) is 16.5 Å². The third-order valence-corrected chi connectivity index (χ3v) is 4.25. The molecule has 1 saturated heterocycles. The van der Waals surface area contributed by atoms with Crippen LogP contribution in [0.1, 0.15) is 19.3 Å². The summed E-state index contributed by atoms with van der Waals surface area (Å²) in [6.45, 7) is 3.76. The molecule has 1 aromatic carbocycles. The molecule has 27 heavy (non-hydrogen) atoms. The van der Waals surface area contributed by atoms with Gasteiger partial charge in [0.2, 0.25) is 5.91 Å². The van der Waals surface area contributed by atoms with E-state index in [9.17, 15) is 22.8 Å². The van der Waals surface area contributed by atoms with Crippen LogP contribution in [0.3, 0.4) is 0 Å². The molecule has 1 atom stereocenters. The SMILES string of the molecule is C=C(CCN1C[C@@H](CC(F)(F)F)CC1=O)NC(=O)COc1ccc(Cl)cc1. The van der Waals surface area contributed by atoms with Crippen LogP contribution in [-0.4, -0.2) is 42.6 Å². The molecule has 0 aliphatic carbocycles. The largest absolute Gasteiger partial charge is 0.484 e. The molecule has 1 heterocycles. The monoisotopic (exact) mass is 404 g/mol. The third-order valence-electron chi connectivity index (χ3n) is 4.00. The number of ether oxygens (including phenoxy) is 1. The molecule has 2 rings (SSSR count). The number of hydrogen-bond donors (Lipinski definition) is 1. The molecule has 0 bridgehead atoms. The van der Waals surface area contributed by atoms with Gasteiger partial charge in [-0.25, -0.2) is 0 Å². The number of alkyl halides is 3. The molecule has 1 aromatic rings. The van der Waals surface area contributed by atoms with Gasteiger partial charge in [-0.3, -0.25) is 9.59 Å². The Kier molecular flexibility index (Phi) is 7.12. The highest BCUT2D eigenvalue weighted by Crippen LogP contribution is 2.31. The van der Waals surface area contributed by atoms with Crippen molar-refractivity contribution < 1.29 is 27.5 Å². The zero-order valence-corrected chi connectivity index (χ0v) is 15.3. The summed E-state index contributed by atoms with van der Waals surface area (Å²) in [6.07, 6.45) is -5.08. The van der Waals surface area contributed by atoms with E-state index in [1.807, 2.05) is 0 Å². The normalized spacial score (nSPS) is 17.1. The quantitative estimate of drug-likeness (QED) is 0.721. The number of nitrogens with zero attached hydrogens (tertiary/aromatic N) is 1. The van der Waals surface area contributed by atoms with Crippen LogP contribution >= 0.6 is 11.6 Å². The fourth-order valence-corrected chi connectivity index (χ4v) is 2.91. The van der Waals surface area contributed by atoms with Crippen molar-refractivity contribution in [1.82, 2.24) is 10.2 Å². The van der Waals surface area contributed by atoms with Crippen molar-refractivity contribution in [2.24, 2.45) is 5.92 Å². The second-order valence-corrected chi connectivity index (χ2v) is 6.81. The molecule has 1 fully saturated rings. The smallest absolute Gasteiger partial charge is 0.389 e. The van der Waals surface area contributed by atoms with E-state index in [4.69, 9.17) is 16.3 Å². The lowest BCUT2D eigenvalue weighted by atomic mass is 10.1. The molecule has 1 aliphatic heterocycles. The minimum atomic E-state index is -4.28. The fraction of sp³-hybridized carbons (Fsp3) is 0.444. The minimum Gasteiger partial charge on any atom is -0.484 e. The highest BCUT2D eigenvalue weighted by Gasteiger charge is 2.38. The zero-order valence-electron chi connectivity index (χ0n) is 14.5. The van der Waals surface area contributed by atoms with Crippen molar-refractivity contribution in [2.75, 3.05) is 19.7 Å². The van der Waals surface area contributed by atoms with Crippen LogP contribution in [0.5, 0.6) is 5.75 Å². The highest BCUT2D eigenvalue weighted by molar-refractivity contribution is 6.30. The Bertz CT molecular complexity index is 692. The van der Waals surface area contributed by atoms with E-state index in [0.717, 1.165) is 0 Å². The molecule has 9 heteroatoms. The van der Waals surface area contributed by atoms with Gasteiger partial charge in [-0.1, -0.05) is 18.2 Å². The first-order valence-corrected chi connectivity index (χ1v) is 8.70. The van der Waals surface area contributed by atoms with Gasteiger partial charge in [0.05, 0.1) is 0 Å². The van der Waals surface area contributed by atoms with E-state index in [1.165, 1.54) is 4.90 Å². The Morgan fingerprint density at radius 3 is 2.63 bits per heavy atom. The van der Waals surface area contributed by atoms with Crippen LogP contribution in [0.2, 0.25) is 5.02 Å².